The van der Waals surface area contributed by atoms with Gasteiger partial charge in [0.1, 0.15) is 18.1 Å². The third-order valence-corrected chi connectivity index (χ3v) is 5.31. The molecule has 0 saturated heterocycles. The van der Waals surface area contributed by atoms with Crippen molar-refractivity contribution in [3.8, 4) is 0 Å². The summed E-state index contributed by atoms with van der Waals surface area (Å²) >= 11 is 0. The molecule has 0 fully saturated rings. The van der Waals surface area contributed by atoms with Crippen molar-refractivity contribution < 1.29 is 33.9 Å². The molecule has 0 aliphatic heterocycles. The first-order valence-electron chi connectivity index (χ1n) is 11.8. The van der Waals surface area contributed by atoms with Gasteiger partial charge in [0.2, 0.25) is 29.5 Å². The lowest BCUT2D eigenvalue weighted by atomic mass is 10.00. The SMILES string of the molecule is CC(C)CC(NC(=O)C(Cc1ccccc1)NC(=O)C(N)CCC(N)=O)C(=O)NC(CC(N)=O)C(=O)O. The standard InChI is InChI=1S/C24H36N6O7/c1-13(2)10-16(22(34)30-18(24(36)37)12-20(27)32)29-23(35)17(11-14-6-4-3-5-7-14)28-21(33)15(25)8-9-19(26)31/h3-7,13,15-18H,8-12,25H2,1-2H3,(H2,26,31)(H2,27,32)(H,28,33)(H,29,35)(H,30,34)(H,36,37). The molecule has 1 rings (SSSR count). The first-order chi connectivity index (χ1) is 17.3. The van der Waals surface area contributed by atoms with E-state index in [1.54, 1.807) is 44.2 Å². The van der Waals surface area contributed by atoms with Gasteiger partial charge >= 0.3 is 5.97 Å². The molecule has 0 aromatic heterocycles. The van der Waals surface area contributed by atoms with Crippen molar-refractivity contribution in [2.45, 2.75) is 70.1 Å². The van der Waals surface area contributed by atoms with Gasteiger partial charge in [0.05, 0.1) is 12.5 Å². The molecule has 0 saturated carbocycles. The van der Waals surface area contributed by atoms with Gasteiger partial charge in [0.15, 0.2) is 0 Å². The minimum Gasteiger partial charge on any atom is -0.480 e. The highest BCUT2D eigenvalue weighted by molar-refractivity contribution is 5.95. The van der Waals surface area contributed by atoms with Crippen molar-refractivity contribution in [2.75, 3.05) is 0 Å². The maximum atomic E-state index is 13.3. The zero-order valence-electron chi connectivity index (χ0n) is 20.9. The fourth-order valence-electron chi connectivity index (χ4n) is 3.42. The summed E-state index contributed by atoms with van der Waals surface area (Å²) in [7, 11) is 0. The second-order valence-electron chi connectivity index (χ2n) is 9.12. The average molecular weight is 521 g/mol. The van der Waals surface area contributed by atoms with Gasteiger partial charge in [-0.05, 0) is 24.3 Å². The van der Waals surface area contributed by atoms with Gasteiger partial charge < -0.3 is 38.3 Å². The maximum absolute atomic E-state index is 13.3. The zero-order chi connectivity index (χ0) is 28.1. The molecule has 0 bridgehead atoms. The quantitative estimate of drug-likeness (QED) is 0.132. The van der Waals surface area contributed by atoms with E-state index in [2.05, 4.69) is 16.0 Å². The van der Waals surface area contributed by atoms with Crippen LogP contribution in [0.5, 0.6) is 0 Å². The molecule has 37 heavy (non-hydrogen) atoms. The van der Waals surface area contributed by atoms with E-state index < -0.39 is 66.1 Å². The second kappa shape index (κ2) is 15.2. The van der Waals surface area contributed by atoms with Crippen LogP contribution in [0.15, 0.2) is 30.3 Å². The summed E-state index contributed by atoms with van der Waals surface area (Å²) in [5, 5.41) is 16.7. The largest absolute Gasteiger partial charge is 0.480 e. The average Bonchev–Trinajstić information content (AvgIpc) is 2.80. The van der Waals surface area contributed by atoms with Crippen molar-refractivity contribution in [1.82, 2.24) is 16.0 Å². The molecule has 10 N–H and O–H groups in total. The number of benzene rings is 1. The fourth-order valence-corrected chi connectivity index (χ4v) is 3.42. The summed E-state index contributed by atoms with van der Waals surface area (Å²) < 4.78 is 0. The van der Waals surface area contributed by atoms with Crippen LogP contribution in [-0.4, -0.2) is 64.8 Å². The number of carboxylic acids is 1. The number of nitrogens with one attached hydrogen (secondary N) is 3. The summed E-state index contributed by atoms with van der Waals surface area (Å²) in [6.07, 6.45) is -0.549. The lowest BCUT2D eigenvalue weighted by Crippen LogP contribution is -2.58. The predicted molar refractivity (Wildman–Crippen MR) is 133 cm³/mol. The number of rotatable bonds is 16. The number of hydrogen-bond donors (Lipinski definition) is 7. The van der Waals surface area contributed by atoms with Gasteiger partial charge in [-0.15, -0.1) is 0 Å². The van der Waals surface area contributed by atoms with Gasteiger partial charge in [0.25, 0.3) is 0 Å². The Kier molecular flexibility index (Phi) is 12.7. The molecule has 0 aliphatic rings. The van der Waals surface area contributed by atoms with E-state index in [0.29, 0.717) is 5.56 Å². The molecule has 0 radical (unpaired) electrons. The fraction of sp³-hybridized carbons (Fsp3) is 0.500. The molecular formula is C24H36N6O7. The molecule has 4 unspecified atom stereocenters. The zero-order valence-corrected chi connectivity index (χ0v) is 20.9. The van der Waals surface area contributed by atoms with Gasteiger partial charge in [-0.25, -0.2) is 4.79 Å². The van der Waals surface area contributed by atoms with Crippen LogP contribution in [-0.2, 0) is 35.2 Å². The Labute approximate surface area is 214 Å². The van der Waals surface area contributed by atoms with Crippen LogP contribution in [0.2, 0.25) is 0 Å². The Balaban J connectivity index is 3.10. The monoisotopic (exact) mass is 520 g/mol. The van der Waals surface area contributed by atoms with E-state index >= 15 is 0 Å². The van der Waals surface area contributed by atoms with E-state index in [-0.39, 0.29) is 31.6 Å². The summed E-state index contributed by atoms with van der Waals surface area (Å²) in [6, 6.07) is 3.81. The Hall–Kier alpha value is -4.00. The number of aliphatic carboxylic acids is 1. The van der Waals surface area contributed by atoms with Crippen LogP contribution in [0.4, 0.5) is 0 Å². The Bertz CT molecular complexity index is 970. The molecule has 13 nitrogen and oxygen atoms in total. The molecule has 0 heterocycles. The van der Waals surface area contributed by atoms with Gasteiger partial charge in [-0.2, -0.15) is 0 Å². The van der Waals surface area contributed by atoms with Gasteiger partial charge in [-0.1, -0.05) is 44.2 Å². The highest BCUT2D eigenvalue weighted by Gasteiger charge is 2.31. The van der Waals surface area contributed by atoms with Crippen LogP contribution >= 0.6 is 0 Å². The number of carbonyl (C=O) groups is 6. The number of primary amides is 2. The smallest absolute Gasteiger partial charge is 0.326 e. The van der Waals surface area contributed by atoms with Crippen LogP contribution < -0.4 is 33.2 Å². The van der Waals surface area contributed by atoms with Crippen LogP contribution in [0, 0.1) is 5.92 Å². The van der Waals surface area contributed by atoms with E-state index in [1.165, 1.54) is 0 Å². The van der Waals surface area contributed by atoms with E-state index in [4.69, 9.17) is 17.2 Å². The van der Waals surface area contributed by atoms with Crippen molar-refractivity contribution in [2.24, 2.45) is 23.1 Å². The lowest BCUT2D eigenvalue weighted by molar-refractivity contribution is -0.144. The highest BCUT2D eigenvalue weighted by atomic mass is 16.4. The second-order valence-corrected chi connectivity index (χ2v) is 9.12. The molecule has 13 heteroatoms. The van der Waals surface area contributed by atoms with Crippen molar-refractivity contribution in [1.29, 1.82) is 0 Å². The maximum Gasteiger partial charge on any atom is 0.326 e. The minimum absolute atomic E-state index is 0.0182. The molecule has 4 atom stereocenters. The topological polar surface area (TPSA) is 237 Å². The molecule has 5 amide bonds. The third-order valence-electron chi connectivity index (χ3n) is 5.31. The molecule has 1 aromatic carbocycles. The molecule has 0 spiro atoms. The summed E-state index contributed by atoms with van der Waals surface area (Å²) in [6.45, 7) is 3.59. The number of carbonyl (C=O) groups excluding carboxylic acids is 5. The number of amides is 5. The van der Waals surface area contributed by atoms with Crippen LogP contribution in [0.25, 0.3) is 0 Å². The number of nitrogens with two attached hydrogens (primary N) is 3. The summed E-state index contributed by atoms with van der Waals surface area (Å²) in [4.78, 5) is 72.4. The first kappa shape index (κ1) is 31.0. The highest BCUT2D eigenvalue weighted by Crippen LogP contribution is 2.09. The van der Waals surface area contributed by atoms with Gasteiger partial charge in [-0.3, -0.25) is 24.0 Å². The predicted octanol–water partition coefficient (Wildman–Crippen LogP) is -1.72. The van der Waals surface area contributed by atoms with E-state index in [0.717, 1.165) is 0 Å². The Morgan fingerprint density at radius 3 is 1.86 bits per heavy atom. The first-order valence-corrected chi connectivity index (χ1v) is 11.8. The van der Waals surface area contributed by atoms with Crippen molar-refractivity contribution in [3.63, 3.8) is 0 Å². The molecule has 1 aromatic rings. The van der Waals surface area contributed by atoms with Crippen molar-refractivity contribution >= 4 is 35.5 Å². The van der Waals surface area contributed by atoms with Crippen molar-refractivity contribution in [3.05, 3.63) is 35.9 Å². The normalized spacial score (nSPS) is 14.1. The minimum atomic E-state index is -1.57. The lowest BCUT2D eigenvalue weighted by Gasteiger charge is -2.26. The molecule has 204 valence electrons. The molecule has 0 aliphatic carbocycles. The van der Waals surface area contributed by atoms with Crippen LogP contribution in [0.1, 0.15) is 45.1 Å². The number of carboxylic acid groups (broad SMARTS) is 1. The molecular weight excluding hydrogens is 484 g/mol. The van der Waals surface area contributed by atoms with Gasteiger partial charge in [0, 0.05) is 12.8 Å². The third kappa shape index (κ3) is 12.0. The summed E-state index contributed by atoms with van der Waals surface area (Å²) in [5.41, 5.74) is 16.7. The Morgan fingerprint density at radius 1 is 0.811 bits per heavy atom. The number of hydrogen-bond acceptors (Lipinski definition) is 7. The van der Waals surface area contributed by atoms with E-state index in [9.17, 15) is 33.9 Å². The van der Waals surface area contributed by atoms with Crippen LogP contribution in [0.3, 0.4) is 0 Å². The Morgan fingerprint density at radius 2 is 1.35 bits per heavy atom. The van der Waals surface area contributed by atoms with E-state index in [1.807, 2.05) is 0 Å². The summed E-state index contributed by atoms with van der Waals surface area (Å²) in [5.74, 6) is -5.30.